The van der Waals surface area contributed by atoms with Crippen molar-refractivity contribution in [3.63, 3.8) is 0 Å². The summed E-state index contributed by atoms with van der Waals surface area (Å²) in [6, 6.07) is 5.16. The van der Waals surface area contributed by atoms with Gasteiger partial charge in [0.1, 0.15) is 11.4 Å². The topological polar surface area (TPSA) is 63.1 Å². The van der Waals surface area contributed by atoms with E-state index in [4.69, 9.17) is 0 Å². The summed E-state index contributed by atoms with van der Waals surface area (Å²) in [5, 5.41) is 10.1. The van der Waals surface area contributed by atoms with E-state index in [1.807, 2.05) is 6.07 Å². The molecular formula is C14H11BrN2O2S. The molecule has 0 aliphatic heterocycles. The number of aromatic nitrogens is 2. The van der Waals surface area contributed by atoms with E-state index in [1.54, 1.807) is 18.5 Å². The van der Waals surface area contributed by atoms with Crippen LogP contribution in [0.3, 0.4) is 0 Å². The van der Waals surface area contributed by atoms with Gasteiger partial charge in [-0.05, 0) is 37.5 Å². The molecule has 2 aromatic rings. The molecule has 0 amide bonds. The molecule has 0 fully saturated rings. The van der Waals surface area contributed by atoms with Crippen LogP contribution in [0.1, 0.15) is 28.0 Å². The molecule has 102 valence electrons. The fraction of sp³-hybridized carbons (Fsp3) is 0.214. The second-order valence-corrected chi connectivity index (χ2v) is 6.45. The van der Waals surface area contributed by atoms with Gasteiger partial charge in [0, 0.05) is 20.6 Å². The smallest absolute Gasteiger partial charge is 0.336 e. The highest BCUT2D eigenvalue weighted by Crippen LogP contribution is 2.36. The molecule has 0 radical (unpaired) electrons. The third-order valence-electron chi connectivity index (χ3n) is 3.22. The van der Waals surface area contributed by atoms with E-state index >= 15 is 0 Å². The first-order chi connectivity index (χ1) is 9.65. The minimum atomic E-state index is -0.925. The van der Waals surface area contributed by atoms with Crippen molar-refractivity contribution in [2.45, 2.75) is 29.2 Å². The van der Waals surface area contributed by atoms with E-state index in [-0.39, 0.29) is 0 Å². The molecule has 20 heavy (non-hydrogen) atoms. The zero-order valence-corrected chi connectivity index (χ0v) is 12.9. The van der Waals surface area contributed by atoms with Crippen LogP contribution in [0.25, 0.3) is 0 Å². The van der Waals surface area contributed by atoms with Gasteiger partial charge < -0.3 is 5.11 Å². The molecule has 1 aromatic carbocycles. The van der Waals surface area contributed by atoms with E-state index < -0.39 is 5.97 Å². The minimum Gasteiger partial charge on any atom is -0.478 e. The number of rotatable bonds is 3. The summed E-state index contributed by atoms with van der Waals surface area (Å²) in [7, 11) is 0. The summed E-state index contributed by atoms with van der Waals surface area (Å²) in [5.41, 5.74) is 2.55. The highest BCUT2D eigenvalue weighted by atomic mass is 79.9. The molecule has 3 rings (SSSR count). The number of carboxylic acids is 1. The summed E-state index contributed by atoms with van der Waals surface area (Å²) in [5.74, 6) is -0.925. The third-order valence-corrected chi connectivity index (χ3v) is 4.81. The molecule has 0 spiro atoms. The van der Waals surface area contributed by atoms with Crippen molar-refractivity contribution in [3.8, 4) is 0 Å². The van der Waals surface area contributed by atoms with Crippen molar-refractivity contribution in [1.29, 1.82) is 0 Å². The van der Waals surface area contributed by atoms with Crippen molar-refractivity contribution in [2.75, 3.05) is 0 Å². The molecule has 0 saturated heterocycles. The van der Waals surface area contributed by atoms with Gasteiger partial charge in [-0.2, -0.15) is 0 Å². The Bertz CT molecular complexity index is 691. The van der Waals surface area contributed by atoms with Crippen LogP contribution in [0.4, 0.5) is 0 Å². The van der Waals surface area contributed by atoms with Crippen molar-refractivity contribution in [2.24, 2.45) is 0 Å². The standard InChI is InChI=1S/C14H11BrN2O2S/c15-8-4-5-10(14(18)19)12(6-8)20-13-9-2-1-3-11(9)16-7-17-13/h4-7H,1-3H2,(H,18,19). The van der Waals surface area contributed by atoms with Gasteiger partial charge in [-0.15, -0.1) is 0 Å². The van der Waals surface area contributed by atoms with Crippen LogP contribution in [-0.4, -0.2) is 21.0 Å². The zero-order valence-electron chi connectivity index (χ0n) is 10.5. The van der Waals surface area contributed by atoms with Crippen LogP contribution >= 0.6 is 27.7 Å². The second-order valence-electron chi connectivity index (χ2n) is 4.51. The molecule has 4 nitrogen and oxygen atoms in total. The van der Waals surface area contributed by atoms with Gasteiger partial charge in [0.05, 0.1) is 5.56 Å². The first-order valence-electron chi connectivity index (χ1n) is 6.18. The largest absolute Gasteiger partial charge is 0.478 e. The summed E-state index contributed by atoms with van der Waals surface area (Å²) < 4.78 is 0.857. The lowest BCUT2D eigenvalue weighted by atomic mass is 10.2. The van der Waals surface area contributed by atoms with E-state index in [2.05, 4.69) is 25.9 Å². The van der Waals surface area contributed by atoms with Crippen molar-refractivity contribution in [1.82, 2.24) is 9.97 Å². The number of halogens is 1. The van der Waals surface area contributed by atoms with Gasteiger partial charge in [0.2, 0.25) is 0 Å². The van der Waals surface area contributed by atoms with Crippen molar-refractivity contribution in [3.05, 3.63) is 45.8 Å². The van der Waals surface area contributed by atoms with Crippen LogP contribution in [-0.2, 0) is 12.8 Å². The Morgan fingerprint density at radius 2 is 2.15 bits per heavy atom. The molecule has 1 heterocycles. The minimum absolute atomic E-state index is 0.295. The Hall–Kier alpha value is -1.40. The number of aryl methyl sites for hydroxylation is 1. The van der Waals surface area contributed by atoms with Crippen LogP contribution < -0.4 is 0 Å². The summed E-state index contributed by atoms with van der Waals surface area (Å²) >= 11 is 4.78. The van der Waals surface area contributed by atoms with Gasteiger partial charge in [0.25, 0.3) is 0 Å². The van der Waals surface area contributed by atoms with Crippen LogP contribution in [0, 0.1) is 0 Å². The maximum Gasteiger partial charge on any atom is 0.336 e. The Kier molecular flexibility index (Phi) is 3.76. The average Bonchev–Trinajstić information content (AvgIpc) is 2.88. The van der Waals surface area contributed by atoms with E-state index in [1.165, 1.54) is 11.8 Å². The maximum atomic E-state index is 11.3. The maximum absolute atomic E-state index is 11.3. The molecule has 0 atom stereocenters. The van der Waals surface area contributed by atoms with E-state index in [9.17, 15) is 9.90 Å². The number of carboxylic acid groups (broad SMARTS) is 1. The Balaban J connectivity index is 2.02. The van der Waals surface area contributed by atoms with Crippen LogP contribution in [0.2, 0.25) is 0 Å². The molecule has 1 aliphatic rings. The van der Waals surface area contributed by atoms with Crippen molar-refractivity contribution >= 4 is 33.7 Å². The fourth-order valence-electron chi connectivity index (χ4n) is 2.28. The first-order valence-corrected chi connectivity index (χ1v) is 7.79. The second kappa shape index (κ2) is 5.54. The number of nitrogens with zero attached hydrogens (tertiary/aromatic N) is 2. The van der Waals surface area contributed by atoms with Gasteiger partial charge in [0.15, 0.2) is 0 Å². The molecule has 1 aromatic heterocycles. The number of carbonyl (C=O) groups is 1. The fourth-order valence-corrected chi connectivity index (χ4v) is 3.89. The van der Waals surface area contributed by atoms with E-state index in [0.29, 0.717) is 10.5 Å². The van der Waals surface area contributed by atoms with Gasteiger partial charge in [-0.25, -0.2) is 14.8 Å². The number of hydrogen-bond donors (Lipinski definition) is 1. The van der Waals surface area contributed by atoms with E-state index in [0.717, 1.165) is 40.0 Å². The number of benzene rings is 1. The van der Waals surface area contributed by atoms with Gasteiger partial charge in [-0.3, -0.25) is 0 Å². The Morgan fingerprint density at radius 1 is 1.30 bits per heavy atom. The lowest BCUT2D eigenvalue weighted by molar-refractivity contribution is 0.0693. The highest BCUT2D eigenvalue weighted by molar-refractivity contribution is 9.10. The molecule has 6 heteroatoms. The SMILES string of the molecule is O=C(O)c1ccc(Br)cc1Sc1ncnc2c1CCC2. The summed E-state index contributed by atoms with van der Waals surface area (Å²) in [6.07, 6.45) is 4.60. The van der Waals surface area contributed by atoms with Crippen molar-refractivity contribution < 1.29 is 9.90 Å². The highest BCUT2D eigenvalue weighted by Gasteiger charge is 2.19. The normalized spacial score (nSPS) is 13.2. The predicted octanol–water partition coefficient (Wildman–Crippen LogP) is 3.58. The lowest BCUT2D eigenvalue weighted by Crippen LogP contribution is -2.00. The molecular weight excluding hydrogens is 340 g/mol. The number of aromatic carboxylic acids is 1. The number of hydrogen-bond acceptors (Lipinski definition) is 4. The van der Waals surface area contributed by atoms with Crippen LogP contribution in [0.5, 0.6) is 0 Å². The Morgan fingerprint density at radius 3 is 2.95 bits per heavy atom. The average molecular weight is 351 g/mol. The zero-order chi connectivity index (χ0) is 14.1. The summed E-state index contributed by atoms with van der Waals surface area (Å²) in [4.78, 5) is 20.6. The number of fused-ring (bicyclic) bond motifs is 1. The molecule has 0 saturated carbocycles. The molecule has 0 bridgehead atoms. The first kappa shape index (κ1) is 13.6. The molecule has 1 N–H and O–H groups in total. The monoisotopic (exact) mass is 350 g/mol. The van der Waals surface area contributed by atoms with Gasteiger partial charge in [-0.1, -0.05) is 27.7 Å². The van der Waals surface area contributed by atoms with Gasteiger partial charge >= 0.3 is 5.97 Å². The quantitative estimate of drug-likeness (QED) is 0.857. The third kappa shape index (κ3) is 2.58. The molecule has 0 unspecified atom stereocenters. The predicted molar refractivity (Wildman–Crippen MR) is 79.3 cm³/mol. The van der Waals surface area contributed by atoms with Crippen LogP contribution in [0.15, 0.2) is 38.9 Å². The molecule has 1 aliphatic carbocycles. The Labute approximate surface area is 128 Å². The lowest BCUT2D eigenvalue weighted by Gasteiger charge is -2.09. The summed E-state index contributed by atoms with van der Waals surface area (Å²) in [6.45, 7) is 0.